The second kappa shape index (κ2) is 6.08. The second-order valence-corrected chi connectivity index (χ2v) is 5.47. The quantitative estimate of drug-likeness (QED) is 0.869. The van der Waals surface area contributed by atoms with Crippen LogP contribution in [0.5, 0.6) is 0 Å². The third-order valence-corrected chi connectivity index (χ3v) is 4.10. The third-order valence-electron chi connectivity index (χ3n) is 4.10. The molecule has 1 saturated heterocycles. The highest BCUT2D eigenvalue weighted by Gasteiger charge is 2.25. The predicted octanol–water partition coefficient (Wildman–Crippen LogP) is 2.32. The number of aromatic nitrogens is 3. The van der Waals surface area contributed by atoms with Crippen molar-refractivity contribution in [1.29, 1.82) is 0 Å². The van der Waals surface area contributed by atoms with E-state index in [-0.39, 0.29) is 11.9 Å². The molecular weight excluding hydrogens is 264 g/mol. The number of aryl methyl sites for hydroxylation is 1. The monoisotopic (exact) mass is 284 g/mol. The van der Waals surface area contributed by atoms with Gasteiger partial charge in [0.15, 0.2) is 0 Å². The normalized spacial score (nSPS) is 18.7. The first-order chi connectivity index (χ1) is 10.3. The van der Waals surface area contributed by atoms with Crippen molar-refractivity contribution in [3.05, 3.63) is 48.0 Å². The molecule has 1 fully saturated rings. The summed E-state index contributed by atoms with van der Waals surface area (Å²) in [6, 6.07) is 8.17. The van der Waals surface area contributed by atoms with Gasteiger partial charge in [-0.1, -0.05) is 19.1 Å². The van der Waals surface area contributed by atoms with Crippen LogP contribution in [0.15, 0.2) is 36.9 Å². The fraction of sp³-hybridized carbons (Fsp3) is 0.438. The minimum Gasteiger partial charge on any atom is -0.337 e. The molecule has 0 saturated carbocycles. The topological polar surface area (TPSA) is 51.0 Å². The van der Waals surface area contributed by atoms with Gasteiger partial charge in [-0.3, -0.25) is 4.79 Å². The predicted molar refractivity (Wildman–Crippen MR) is 80.0 cm³/mol. The Morgan fingerprint density at radius 3 is 2.81 bits per heavy atom. The summed E-state index contributed by atoms with van der Waals surface area (Å²) in [5, 5.41) is 4.20. The molecule has 2 aromatic rings. The minimum absolute atomic E-state index is 0.113. The number of hydrogen-bond acceptors (Lipinski definition) is 3. The number of carbonyl (C=O) groups excluding carboxylic acids is 1. The lowest BCUT2D eigenvalue weighted by Crippen LogP contribution is -2.40. The number of benzene rings is 1. The Labute approximate surface area is 124 Å². The lowest BCUT2D eigenvalue weighted by atomic mass is 10.0. The van der Waals surface area contributed by atoms with Crippen molar-refractivity contribution in [2.45, 2.75) is 32.2 Å². The first-order valence-corrected chi connectivity index (χ1v) is 7.50. The fourth-order valence-corrected chi connectivity index (χ4v) is 2.83. The highest BCUT2D eigenvalue weighted by molar-refractivity contribution is 5.94. The Hall–Kier alpha value is -2.17. The Balaban J connectivity index is 1.71. The first-order valence-electron chi connectivity index (χ1n) is 7.50. The van der Waals surface area contributed by atoms with Crippen molar-refractivity contribution in [3.8, 4) is 0 Å². The zero-order valence-corrected chi connectivity index (χ0v) is 12.3. The molecule has 1 aromatic carbocycles. The molecule has 1 aliphatic heterocycles. The van der Waals surface area contributed by atoms with Crippen molar-refractivity contribution in [1.82, 2.24) is 19.7 Å². The zero-order chi connectivity index (χ0) is 14.7. The van der Waals surface area contributed by atoms with Gasteiger partial charge < -0.3 is 4.90 Å². The summed E-state index contributed by atoms with van der Waals surface area (Å²) >= 11 is 0. The van der Waals surface area contributed by atoms with E-state index >= 15 is 0 Å². The van der Waals surface area contributed by atoms with E-state index in [1.54, 1.807) is 12.7 Å². The molecule has 1 aromatic heterocycles. The van der Waals surface area contributed by atoms with Gasteiger partial charge >= 0.3 is 0 Å². The van der Waals surface area contributed by atoms with Gasteiger partial charge in [-0.15, -0.1) is 0 Å². The standard InChI is InChI=1S/C16H20N4O/c1-2-13-5-7-14(8-6-13)16(21)19-9-3-4-15(10-19)20-12-17-11-18-20/h5-8,11-12,15H,2-4,9-10H2,1H3. The molecule has 5 nitrogen and oxygen atoms in total. The van der Waals surface area contributed by atoms with Gasteiger partial charge in [-0.25, -0.2) is 9.67 Å². The van der Waals surface area contributed by atoms with Crippen LogP contribution in [0.1, 0.15) is 41.7 Å². The molecule has 1 unspecified atom stereocenters. The maximum absolute atomic E-state index is 12.6. The van der Waals surface area contributed by atoms with Crippen molar-refractivity contribution in [2.75, 3.05) is 13.1 Å². The fourth-order valence-electron chi connectivity index (χ4n) is 2.83. The lowest BCUT2D eigenvalue weighted by molar-refractivity contribution is 0.0672. The van der Waals surface area contributed by atoms with E-state index in [0.717, 1.165) is 31.4 Å². The van der Waals surface area contributed by atoms with E-state index < -0.39 is 0 Å². The number of piperidine rings is 1. The van der Waals surface area contributed by atoms with Crippen molar-refractivity contribution in [3.63, 3.8) is 0 Å². The van der Waals surface area contributed by atoms with Crippen LogP contribution in [0.3, 0.4) is 0 Å². The van der Waals surface area contributed by atoms with Crippen LogP contribution in [-0.2, 0) is 6.42 Å². The Kier molecular flexibility index (Phi) is 3.99. The van der Waals surface area contributed by atoms with Crippen LogP contribution in [0.25, 0.3) is 0 Å². The van der Waals surface area contributed by atoms with Gasteiger partial charge in [0.05, 0.1) is 6.04 Å². The Morgan fingerprint density at radius 2 is 2.14 bits per heavy atom. The van der Waals surface area contributed by atoms with E-state index in [1.807, 2.05) is 33.8 Å². The average molecular weight is 284 g/mol. The molecule has 21 heavy (non-hydrogen) atoms. The summed E-state index contributed by atoms with van der Waals surface area (Å²) in [4.78, 5) is 18.5. The van der Waals surface area contributed by atoms with E-state index in [4.69, 9.17) is 0 Å². The summed E-state index contributed by atoms with van der Waals surface area (Å²) in [7, 11) is 0. The summed E-state index contributed by atoms with van der Waals surface area (Å²) < 4.78 is 1.86. The Bertz CT molecular complexity index is 591. The zero-order valence-electron chi connectivity index (χ0n) is 12.3. The molecule has 0 radical (unpaired) electrons. The van der Waals surface area contributed by atoms with Gasteiger partial charge in [0.2, 0.25) is 0 Å². The molecule has 0 aliphatic carbocycles. The van der Waals surface area contributed by atoms with Crippen LogP contribution >= 0.6 is 0 Å². The van der Waals surface area contributed by atoms with Crippen molar-refractivity contribution < 1.29 is 4.79 Å². The lowest BCUT2D eigenvalue weighted by Gasteiger charge is -2.32. The highest BCUT2D eigenvalue weighted by atomic mass is 16.2. The average Bonchev–Trinajstić information content (AvgIpc) is 3.09. The highest BCUT2D eigenvalue weighted by Crippen LogP contribution is 2.22. The number of carbonyl (C=O) groups is 1. The number of amides is 1. The van der Waals surface area contributed by atoms with E-state index in [9.17, 15) is 4.79 Å². The summed E-state index contributed by atoms with van der Waals surface area (Å²) in [5.41, 5.74) is 2.03. The van der Waals surface area contributed by atoms with Gasteiger partial charge in [0, 0.05) is 18.7 Å². The maximum atomic E-state index is 12.6. The largest absolute Gasteiger partial charge is 0.337 e. The molecule has 1 amide bonds. The molecule has 0 spiro atoms. The second-order valence-electron chi connectivity index (χ2n) is 5.47. The SMILES string of the molecule is CCc1ccc(C(=O)N2CCCC(n3cncn3)C2)cc1. The molecule has 5 heteroatoms. The molecular formula is C16H20N4O. The van der Waals surface area contributed by atoms with Crippen molar-refractivity contribution in [2.24, 2.45) is 0 Å². The van der Waals surface area contributed by atoms with Crippen LogP contribution in [0, 0.1) is 0 Å². The Morgan fingerprint density at radius 1 is 1.33 bits per heavy atom. The summed E-state index contributed by atoms with van der Waals surface area (Å²) in [5.74, 6) is 0.113. The van der Waals surface area contributed by atoms with E-state index in [2.05, 4.69) is 17.0 Å². The third kappa shape index (κ3) is 2.96. The molecule has 3 rings (SSSR count). The van der Waals surface area contributed by atoms with Gasteiger partial charge in [-0.05, 0) is 37.0 Å². The molecule has 1 aliphatic rings. The number of hydrogen-bond donors (Lipinski definition) is 0. The van der Waals surface area contributed by atoms with Gasteiger partial charge in [-0.2, -0.15) is 5.10 Å². The van der Waals surface area contributed by atoms with Gasteiger partial charge in [0.25, 0.3) is 5.91 Å². The number of rotatable bonds is 3. The summed E-state index contributed by atoms with van der Waals surface area (Å²) in [6.45, 7) is 3.64. The van der Waals surface area contributed by atoms with E-state index in [1.165, 1.54) is 5.56 Å². The van der Waals surface area contributed by atoms with E-state index in [0.29, 0.717) is 6.54 Å². The number of nitrogens with zero attached hydrogens (tertiary/aromatic N) is 4. The minimum atomic E-state index is 0.113. The molecule has 0 N–H and O–H groups in total. The van der Waals surface area contributed by atoms with Crippen LogP contribution in [0.2, 0.25) is 0 Å². The molecule has 0 bridgehead atoms. The number of likely N-dealkylation sites (tertiary alicyclic amines) is 1. The maximum Gasteiger partial charge on any atom is 0.253 e. The molecule has 110 valence electrons. The van der Waals surface area contributed by atoms with Gasteiger partial charge in [0.1, 0.15) is 12.7 Å². The van der Waals surface area contributed by atoms with Crippen LogP contribution < -0.4 is 0 Å². The smallest absolute Gasteiger partial charge is 0.253 e. The van der Waals surface area contributed by atoms with Crippen LogP contribution in [-0.4, -0.2) is 38.7 Å². The summed E-state index contributed by atoms with van der Waals surface area (Å²) in [6.07, 6.45) is 6.32. The molecule has 1 atom stereocenters. The molecule has 2 heterocycles. The first kappa shape index (κ1) is 13.8. The van der Waals surface area contributed by atoms with Crippen LogP contribution in [0.4, 0.5) is 0 Å². The van der Waals surface area contributed by atoms with Crippen molar-refractivity contribution >= 4 is 5.91 Å².